The van der Waals surface area contributed by atoms with Crippen LogP contribution < -0.4 is 11.5 Å². The van der Waals surface area contributed by atoms with Crippen molar-refractivity contribution in [2.24, 2.45) is 28.1 Å². The quantitative estimate of drug-likeness (QED) is 0.150. The normalized spacial score (nSPS) is 29.4. The lowest BCUT2D eigenvalue weighted by Gasteiger charge is -2.61. The Morgan fingerprint density at radius 2 is 2.00 bits per heavy atom. The first-order valence-electron chi connectivity index (χ1n) is 11.8. The van der Waals surface area contributed by atoms with Crippen LogP contribution in [0.2, 0.25) is 5.02 Å². The molecule has 0 aliphatic heterocycles. The van der Waals surface area contributed by atoms with Gasteiger partial charge >= 0.3 is 11.8 Å². The molecule has 11 heteroatoms. The Balaban J connectivity index is 1.38. The number of nitrogen functional groups attached to an aromatic ring is 1. The number of carbonyl (C=O) groups excluding carboxylic acids is 1. The fourth-order valence-corrected chi connectivity index (χ4v) is 7.51. The van der Waals surface area contributed by atoms with Crippen LogP contribution in [0.3, 0.4) is 0 Å². The van der Waals surface area contributed by atoms with Crippen LogP contribution in [0.4, 0.5) is 11.5 Å². The molecule has 186 valence electrons. The van der Waals surface area contributed by atoms with Crippen molar-refractivity contribution in [3.8, 4) is 0 Å². The minimum Gasteiger partial charge on any atom is -0.398 e. The molecule has 2 aromatic rings. The third-order valence-electron chi connectivity index (χ3n) is 8.22. The monoisotopic (exact) mass is 500 g/mol. The van der Waals surface area contributed by atoms with Crippen LogP contribution in [0, 0.1) is 41.2 Å². The number of aromatic nitrogens is 2. The Bertz CT molecular complexity index is 1240. The van der Waals surface area contributed by atoms with E-state index in [9.17, 15) is 14.9 Å². The first kappa shape index (κ1) is 23.6. The molecule has 4 saturated carbocycles. The van der Waals surface area contributed by atoms with Crippen molar-refractivity contribution in [3.63, 3.8) is 0 Å². The molecule has 6 rings (SSSR count). The van der Waals surface area contributed by atoms with E-state index in [4.69, 9.17) is 27.9 Å². The molecule has 35 heavy (non-hydrogen) atoms. The molecule has 4 aliphatic carbocycles. The predicted octanol–water partition coefficient (Wildman–Crippen LogP) is 4.19. The Labute approximate surface area is 207 Å². The van der Waals surface area contributed by atoms with Gasteiger partial charge in [0.1, 0.15) is 0 Å². The smallest absolute Gasteiger partial charge is 0.398 e. The van der Waals surface area contributed by atoms with E-state index in [2.05, 4.69) is 10.3 Å². The minimum absolute atomic E-state index is 0.0841. The largest absolute Gasteiger partial charge is 0.408 e. The van der Waals surface area contributed by atoms with E-state index in [1.807, 2.05) is 6.92 Å². The fraction of sp³-hybridized carbons (Fsp3) is 0.542. The van der Waals surface area contributed by atoms with E-state index in [-0.39, 0.29) is 34.1 Å². The Morgan fingerprint density at radius 1 is 1.31 bits per heavy atom. The van der Waals surface area contributed by atoms with Gasteiger partial charge in [0, 0.05) is 11.3 Å². The van der Waals surface area contributed by atoms with Gasteiger partial charge in [0.25, 0.3) is 0 Å². The van der Waals surface area contributed by atoms with Crippen molar-refractivity contribution in [1.29, 1.82) is 0 Å². The Kier molecular flexibility index (Phi) is 5.54. The van der Waals surface area contributed by atoms with Crippen molar-refractivity contribution >= 4 is 34.9 Å². The summed E-state index contributed by atoms with van der Waals surface area (Å²) >= 11 is 6.28. The highest BCUT2D eigenvalue weighted by Gasteiger charge is 2.61. The van der Waals surface area contributed by atoms with Crippen LogP contribution >= 0.6 is 11.6 Å². The summed E-state index contributed by atoms with van der Waals surface area (Å²) in [6.45, 7) is 3.61. The molecule has 0 amide bonds. The number of anilines is 1. The average Bonchev–Trinajstić information content (AvgIpc) is 3.08. The van der Waals surface area contributed by atoms with Gasteiger partial charge in [0.05, 0.1) is 22.8 Å². The first-order valence-corrected chi connectivity index (χ1v) is 12.2. The Morgan fingerprint density at radius 3 is 2.63 bits per heavy atom. The molecule has 0 saturated heterocycles. The van der Waals surface area contributed by atoms with Crippen LogP contribution in [0.1, 0.15) is 61.8 Å². The number of rotatable bonds is 6. The molecule has 1 aromatic carbocycles. The van der Waals surface area contributed by atoms with Crippen LogP contribution in [0.5, 0.6) is 0 Å². The fourth-order valence-electron chi connectivity index (χ4n) is 7.32. The molecule has 1 heterocycles. The Hall–Kier alpha value is -3.14. The van der Waals surface area contributed by atoms with Gasteiger partial charge < -0.3 is 26.4 Å². The molecule has 4 fully saturated rings. The molecule has 2 unspecified atom stereocenters. The lowest BCUT2D eigenvalue weighted by Crippen LogP contribution is -2.57. The van der Waals surface area contributed by atoms with Gasteiger partial charge in [-0.3, -0.25) is 0 Å². The van der Waals surface area contributed by atoms with E-state index in [0.29, 0.717) is 35.2 Å². The number of nitrogens with two attached hydrogens (primary N) is 2. The summed E-state index contributed by atoms with van der Waals surface area (Å²) in [7, 11) is 0. The predicted molar refractivity (Wildman–Crippen MR) is 131 cm³/mol. The van der Waals surface area contributed by atoms with Gasteiger partial charge in [0.15, 0.2) is 10.9 Å². The second kappa shape index (κ2) is 8.22. The van der Waals surface area contributed by atoms with Crippen LogP contribution in [0.15, 0.2) is 23.4 Å². The van der Waals surface area contributed by atoms with Gasteiger partial charge in [0.2, 0.25) is 0 Å². The number of nitrogens with zero attached hydrogens (tertiary/aromatic N) is 4. The lowest BCUT2D eigenvalue weighted by molar-refractivity contribution is -0.389. The van der Waals surface area contributed by atoms with Crippen molar-refractivity contribution in [3.05, 3.63) is 50.2 Å². The maximum atomic E-state index is 12.9. The van der Waals surface area contributed by atoms with E-state index in [1.54, 1.807) is 29.8 Å². The second-order valence-corrected chi connectivity index (χ2v) is 11.1. The summed E-state index contributed by atoms with van der Waals surface area (Å²) in [6, 6.07) is 5.31. The summed E-state index contributed by atoms with van der Waals surface area (Å²) in [4.78, 5) is 29.1. The molecular formula is C24H29ClN6O4. The molecule has 4 bridgehead atoms. The number of hydrogen-bond donors (Lipinski definition) is 2. The maximum Gasteiger partial charge on any atom is 0.408 e. The molecule has 4 aliphatic rings. The second-order valence-electron chi connectivity index (χ2n) is 10.7. The summed E-state index contributed by atoms with van der Waals surface area (Å²) in [5, 5.41) is 19.8. The maximum absolute atomic E-state index is 12.9. The summed E-state index contributed by atoms with van der Waals surface area (Å²) in [5.74, 6) is 0.199. The standard InChI is InChI=1S/C24H29ClN6O4/c1-13-17(4-3-5-18(13)26)21(27)29-35-19(32)11-23-7-15-6-16(8-23)10-24(9-15,12-23)30-14(2)20(25)22(28-30)31(33)34/h3-5,15-16H,6-12,26H2,1-2H3,(H2,27,29). The molecule has 0 radical (unpaired) electrons. The van der Waals surface area contributed by atoms with Gasteiger partial charge in [-0.2, -0.15) is 4.68 Å². The lowest BCUT2D eigenvalue weighted by atomic mass is 9.46. The van der Waals surface area contributed by atoms with Gasteiger partial charge in [-0.15, -0.1) is 0 Å². The highest BCUT2D eigenvalue weighted by Crippen LogP contribution is 2.65. The highest BCUT2D eigenvalue weighted by atomic mass is 35.5. The SMILES string of the molecule is Cc1c(N)cccc1/C(N)=N/OC(=O)CC12CC3CC(C1)CC(n1nc([N+](=O)[O-])c(Cl)c1C)(C3)C2. The topological polar surface area (TPSA) is 152 Å². The van der Waals surface area contributed by atoms with Crippen molar-refractivity contribution in [2.75, 3.05) is 5.73 Å². The van der Waals surface area contributed by atoms with E-state index in [1.165, 1.54) is 0 Å². The number of amidine groups is 1. The number of hydrogen-bond acceptors (Lipinski definition) is 7. The zero-order chi connectivity index (χ0) is 25.1. The molecule has 10 nitrogen and oxygen atoms in total. The molecule has 2 atom stereocenters. The zero-order valence-electron chi connectivity index (χ0n) is 19.8. The van der Waals surface area contributed by atoms with Gasteiger partial charge in [-0.05, 0) is 86.2 Å². The van der Waals surface area contributed by atoms with Crippen molar-refractivity contribution in [1.82, 2.24) is 9.78 Å². The number of oxime groups is 1. The minimum atomic E-state index is -0.538. The van der Waals surface area contributed by atoms with Crippen molar-refractivity contribution in [2.45, 2.75) is 64.3 Å². The summed E-state index contributed by atoms with van der Waals surface area (Å²) in [5.41, 5.74) is 13.9. The molecule has 0 spiro atoms. The highest BCUT2D eigenvalue weighted by molar-refractivity contribution is 6.33. The zero-order valence-corrected chi connectivity index (χ0v) is 20.5. The summed E-state index contributed by atoms with van der Waals surface area (Å²) in [6.07, 6.45) is 5.63. The number of halogens is 1. The molecule has 1 aromatic heterocycles. The molecule has 4 N–H and O–H groups in total. The van der Waals surface area contributed by atoms with Gasteiger partial charge in [-0.1, -0.05) is 28.9 Å². The van der Waals surface area contributed by atoms with Crippen LogP contribution in [-0.2, 0) is 15.2 Å². The van der Waals surface area contributed by atoms with Crippen molar-refractivity contribution < 1.29 is 14.6 Å². The number of benzene rings is 1. The van der Waals surface area contributed by atoms with E-state index >= 15 is 0 Å². The van der Waals surface area contributed by atoms with E-state index in [0.717, 1.165) is 37.7 Å². The van der Waals surface area contributed by atoms with Crippen LogP contribution in [0.25, 0.3) is 0 Å². The third-order valence-corrected chi connectivity index (χ3v) is 8.66. The average molecular weight is 501 g/mol. The first-order chi connectivity index (χ1) is 16.5. The number of carbonyl (C=O) groups is 1. The van der Waals surface area contributed by atoms with E-state index < -0.39 is 10.9 Å². The number of nitro groups is 1. The van der Waals surface area contributed by atoms with Gasteiger partial charge in [-0.25, -0.2) is 4.79 Å². The third kappa shape index (κ3) is 3.93. The molecular weight excluding hydrogens is 472 g/mol. The van der Waals surface area contributed by atoms with Crippen LogP contribution in [-0.4, -0.2) is 26.5 Å². The summed E-state index contributed by atoms with van der Waals surface area (Å²) < 4.78 is 1.78.